The van der Waals surface area contributed by atoms with Gasteiger partial charge in [0.05, 0.1) is 16.3 Å². The Hall–Kier alpha value is -1.03. The third-order valence-electron chi connectivity index (χ3n) is 2.30. The van der Waals surface area contributed by atoms with E-state index < -0.39 is 9.84 Å². The minimum atomic E-state index is -3.21. The maximum atomic E-state index is 11.9. The molecular formula is C11H17NO2S. The number of sulfone groups is 1. The molecule has 1 aromatic carbocycles. The van der Waals surface area contributed by atoms with E-state index in [1.807, 2.05) is 26.8 Å². The molecule has 0 aliphatic heterocycles. The van der Waals surface area contributed by atoms with Crippen molar-refractivity contribution in [2.75, 3.05) is 11.5 Å². The van der Waals surface area contributed by atoms with Crippen LogP contribution in [0.4, 0.5) is 5.69 Å². The summed E-state index contributed by atoms with van der Waals surface area (Å²) < 4.78 is 23.8. The van der Waals surface area contributed by atoms with Gasteiger partial charge in [-0.2, -0.15) is 0 Å². The highest BCUT2D eigenvalue weighted by Crippen LogP contribution is 2.25. The number of nitrogen functional groups attached to an aromatic ring is 1. The van der Waals surface area contributed by atoms with Crippen molar-refractivity contribution < 1.29 is 8.42 Å². The Bertz CT molecular complexity index is 464. The minimum Gasteiger partial charge on any atom is -0.397 e. The van der Waals surface area contributed by atoms with Gasteiger partial charge in [-0.3, -0.25) is 0 Å². The van der Waals surface area contributed by atoms with Gasteiger partial charge in [0, 0.05) is 0 Å². The Balaban J connectivity index is 3.38. The van der Waals surface area contributed by atoms with Gasteiger partial charge in [0.1, 0.15) is 0 Å². The van der Waals surface area contributed by atoms with Crippen molar-refractivity contribution in [3.63, 3.8) is 0 Å². The van der Waals surface area contributed by atoms with E-state index in [2.05, 4.69) is 0 Å². The molecule has 0 unspecified atom stereocenters. The zero-order valence-electron chi connectivity index (χ0n) is 9.37. The van der Waals surface area contributed by atoms with Crippen molar-refractivity contribution in [1.82, 2.24) is 0 Å². The van der Waals surface area contributed by atoms with E-state index in [1.54, 1.807) is 6.07 Å². The van der Waals surface area contributed by atoms with Gasteiger partial charge in [-0.25, -0.2) is 8.42 Å². The van der Waals surface area contributed by atoms with E-state index in [0.717, 1.165) is 11.1 Å². The number of aryl methyl sites for hydroxylation is 2. The highest BCUT2D eigenvalue weighted by atomic mass is 32.2. The third kappa shape index (κ3) is 2.50. The smallest absolute Gasteiger partial charge is 0.180 e. The Morgan fingerprint density at radius 3 is 2.40 bits per heavy atom. The van der Waals surface area contributed by atoms with E-state index in [4.69, 9.17) is 5.73 Å². The van der Waals surface area contributed by atoms with Crippen LogP contribution in [-0.4, -0.2) is 14.2 Å². The van der Waals surface area contributed by atoms with Crippen molar-refractivity contribution in [1.29, 1.82) is 0 Å². The summed E-state index contributed by atoms with van der Waals surface area (Å²) in [6, 6.07) is 3.54. The molecule has 0 spiro atoms. The summed E-state index contributed by atoms with van der Waals surface area (Å²) in [6.45, 7) is 5.54. The summed E-state index contributed by atoms with van der Waals surface area (Å²) in [5.74, 6) is 0.153. The van der Waals surface area contributed by atoms with Crippen LogP contribution in [0.3, 0.4) is 0 Å². The van der Waals surface area contributed by atoms with Crippen LogP contribution in [0, 0.1) is 13.8 Å². The van der Waals surface area contributed by atoms with E-state index in [-0.39, 0.29) is 10.6 Å². The molecule has 4 heteroatoms. The Morgan fingerprint density at radius 2 is 1.87 bits per heavy atom. The normalized spacial score (nSPS) is 11.7. The van der Waals surface area contributed by atoms with Crippen LogP contribution < -0.4 is 5.73 Å². The zero-order valence-corrected chi connectivity index (χ0v) is 10.2. The quantitative estimate of drug-likeness (QED) is 0.804. The summed E-state index contributed by atoms with van der Waals surface area (Å²) in [5, 5.41) is 0. The molecule has 1 rings (SSSR count). The van der Waals surface area contributed by atoms with E-state index in [9.17, 15) is 8.42 Å². The fourth-order valence-electron chi connectivity index (χ4n) is 1.58. The number of anilines is 1. The summed E-state index contributed by atoms with van der Waals surface area (Å²) in [7, 11) is -3.21. The number of hydrogen-bond acceptors (Lipinski definition) is 3. The lowest BCUT2D eigenvalue weighted by molar-refractivity contribution is 0.595. The lowest BCUT2D eigenvalue weighted by Gasteiger charge is -2.10. The van der Waals surface area contributed by atoms with Crippen LogP contribution in [0.1, 0.15) is 24.5 Å². The van der Waals surface area contributed by atoms with Gasteiger partial charge in [0.15, 0.2) is 9.84 Å². The molecule has 84 valence electrons. The number of benzene rings is 1. The summed E-state index contributed by atoms with van der Waals surface area (Å²) in [4.78, 5) is 0.279. The van der Waals surface area contributed by atoms with Gasteiger partial charge in [0.2, 0.25) is 0 Å². The van der Waals surface area contributed by atoms with Crippen LogP contribution >= 0.6 is 0 Å². The average molecular weight is 227 g/mol. The second-order valence-electron chi connectivity index (χ2n) is 3.81. The molecule has 0 radical (unpaired) electrons. The molecule has 0 heterocycles. The minimum absolute atomic E-state index is 0.153. The molecule has 15 heavy (non-hydrogen) atoms. The van der Waals surface area contributed by atoms with E-state index in [0.29, 0.717) is 12.1 Å². The summed E-state index contributed by atoms with van der Waals surface area (Å²) >= 11 is 0. The number of nitrogens with two attached hydrogens (primary N) is 1. The first kappa shape index (κ1) is 12.0. The second-order valence-corrected chi connectivity index (χ2v) is 5.89. The average Bonchev–Trinajstić information content (AvgIpc) is 2.11. The number of rotatable bonds is 3. The summed E-state index contributed by atoms with van der Waals surface area (Å²) in [5.41, 5.74) is 7.92. The van der Waals surface area contributed by atoms with Gasteiger partial charge in [0.25, 0.3) is 0 Å². The largest absolute Gasteiger partial charge is 0.397 e. The first-order valence-electron chi connectivity index (χ1n) is 4.98. The monoisotopic (exact) mass is 227 g/mol. The topological polar surface area (TPSA) is 60.2 Å². The molecule has 2 N–H and O–H groups in total. The van der Waals surface area contributed by atoms with Crippen LogP contribution in [0.5, 0.6) is 0 Å². The first-order valence-corrected chi connectivity index (χ1v) is 6.63. The molecule has 1 aromatic rings. The Labute approximate surface area is 91.2 Å². The van der Waals surface area contributed by atoms with Gasteiger partial charge in [-0.15, -0.1) is 0 Å². The predicted molar refractivity (Wildman–Crippen MR) is 62.7 cm³/mol. The van der Waals surface area contributed by atoms with Crippen molar-refractivity contribution in [2.45, 2.75) is 32.1 Å². The summed E-state index contributed by atoms with van der Waals surface area (Å²) in [6.07, 6.45) is 0.606. The Morgan fingerprint density at radius 1 is 1.27 bits per heavy atom. The molecule has 3 nitrogen and oxygen atoms in total. The highest BCUT2D eigenvalue weighted by Gasteiger charge is 2.17. The van der Waals surface area contributed by atoms with Crippen LogP contribution in [0.25, 0.3) is 0 Å². The van der Waals surface area contributed by atoms with Gasteiger partial charge in [-0.05, 0) is 37.5 Å². The standard InChI is InChI=1S/C11H17NO2S/c1-4-5-15(13,14)10-7-8(2)6-9(3)11(10)12/h6-7H,4-5,12H2,1-3H3. The third-order valence-corrected chi connectivity index (χ3v) is 4.25. The lowest BCUT2D eigenvalue weighted by Crippen LogP contribution is -2.10. The molecule has 0 aromatic heterocycles. The second kappa shape index (κ2) is 4.23. The van der Waals surface area contributed by atoms with Gasteiger partial charge < -0.3 is 5.73 Å². The zero-order chi connectivity index (χ0) is 11.6. The van der Waals surface area contributed by atoms with Crippen molar-refractivity contribution in [3.05, 3.63) is 23.3 Å². The Kier molecular flexibility index (Phi) is 3.39. The van der Waals surface area contributed by atoms with Crippen molar-refractivity contribution >= 4 is 15.5 Å². The van der Waals surface area contributed by atoms with Crippen molar-refractivity contribution in [3.8, 4) is 0 Å². The van der Waals surface area contributed by atoms with E-state index >= 15 is 0 Å². The molecule has 0 aliphatic rings. The lowest BCUT2D eigenvalue weighted by atomic mass is 10.1. The first-order chi connectivity index (χ1) is 6.88. The van der Waals surface area contributed by atoms with Crippen LogP contribution in [-0.2, 0) is 9.84 Å². The molecule has 0 saturated heterocycles. The fourth-order valence-corrected chi connectivity index (χ4v) is 3.19. The van der Waals surface area contributed by atoms with Crippen molar-refractivity contribution in [2.24, 2.45) is 0 Å². The molecule has 0 bridgehead atoms. The highest BCUT2D eigenvalue weighted by molar-refractivity contribution is 7.91. The maximum absolute atomic E-state index is 11.9. The predicted octanol–water partition coefficient (Wildman–Crippen LogP) is 2.07. The molecule has 0 saturated carbocycles. The molecule has 0 amide bonds. The fraction of sp³-hybridized carbons (Fsp3) is 0.455. The molecule has 0 atom stereocenters. The molecule has 0 fully saturated rings. The molecule has 0 aliphatic carbocycles. The maximum Gasteiger partial charge on any atom is 0.180 e. The molecular weight excluding hydrogens is 210 g/mol. The SMILES string of the molecule is CCCS(=O)(=O)c1cc(C)cc(C)c1N. The number of hydrogen-bond donors (Lipinski definition) is 1. The van der Waals surface area contributed by atoms with Gasteiger partial charge in [-0.1, -0.05) is 13.0 Å². The van der Waals surface area contributed by atoms with Crippen LogP contribution in [0.15, 0.2) is 17.0 Å². The van der Waals surface area contributed by atoms with Gasteiger partial charge >= 0.3 is 0 Å². The van der Waals surface area contributed by atoms with Crippen LogP contribution in [0.2, 0.25) is 0 Å². The van der Waals surface area contributed by atoms with E-state index in [1.165, 1.54) is 0 Å².